The highest BCUT2D eigenvalue weighted by Crippen LogP contribution is 2.45. The van der Waals surface area contributed by atoms with Crippen molar-refractivity contribution in [2.24, 2.45) is 5.41 Å². The number of unbranched alkanes of at least 4 members (excludes halogenated alkanes) is 5. The molecule has 1 aromatic carbocycles. The van der Waals surface area contributed by atoms with Gasteiger partial charge < -0.3 is 9.47 Å². The molecule has 1 heterocycles. The minimum atomic E-state index is 0.241. The van der Waals surface area contributed by atoms with Crippen molar-refractivity contribution in [2.75, 3.05) is 13.2 Å². The Labute approximate surface area is 129 Å². The van der Waals surface area contributed by atoms with E-state index in [1.165, 1.54) is 37.7 Å². The van der Waals surface area contributed by atoms with Gasteiger partial charge in [0.05, 0.1) is 19.3 Å². The monoisotopic (exact) mass is 290 g/mol. The molecule has 0 saturated carbocycles. The summed E-state index contributed by atoms with van der Waals surface area (Å²) in [7, 11) is 0. The van der Waals surface area contributed by atoms with Gasteiger partial charge in [0, 0.05) is 5.41 Å². The first kappa shape index (κ1) is 16.4. The molecule has 1 fully saturated rings. The van der Waals surface area contributed by atoms with E-state index in [0.717, 1.165) is 25.4 Å². The van der Waals surface area contributed by atoms with E-state index in [2.05, 4.69) is 45.0 Å². The molecule has 0 bridgehead atoms. The zero-order chi connectivity index (χ0) is 15.1. The molecule has 2 nitrogen and oxygen atoms in total. The normalized spacial score (nSPS) is 20.0. The molecule has 1 unspecified atom stereocenters. The largest absolute Gasteiger partial charge is 0.494 e. The van der Waals surface area contributed by atoms with Crippen LogP contribution in [0.25, 0.3) is 0 Å². The maximum absolute atomic E-state index is 5.81. The number of benzene rings is 1. The van der Waals surface area contributed by atoms with Crippen molar-refractivity contribution < 1.29 is 9.47 Å². The molecule has 1 atom stereocenters. The van der Waals surface area contributed by atoms with Gasteiger partial charge in [-0.15, -0.1) is 0 Å². The van der Waals surface area contributed by atoms with Gasteiger partial charge in [-0.1, -0.05) is 65.0 Å². The predicted octanol–water partition coefficient (Wildman–Crippen LogP) is 5.52. The molecule has 1 aromatic rings. The van der Waals surface area contributed by atoms with Gasteiger partial charge in [-0.25, -0.2) is 0 Å². The van der Waals surface area contributed by atoms with Crippen molar-refractivity contribution in [1.29, 1.82) is 0 Å². The Morgan fingerprint density at radius 2 is 1.71 bits per heavy atom. The van der Waals surface area contributed by atoms with Crippen LogP contribution in [0.1, 0.15) is 71.0 Å². The van der Waals surface area contributed by atoms with E-state index < -0.39 is 0 Å². The van der Waals surface area contributed by atoms with Crippen LogP contribution in [0.2, 0.25) is 0 Å². The highest BCUT2D eigenvalue weighted by Gasteiger charge is 2.40. The fraction of sp³-hybridized carbons (Fsp3) is 0.684. The summed E-state index contributed by atoms with van der Waals surface area (Å²) in [6.07, 6.45) is 8.05. The van der Waals surface area contributed by atoms with Gasteiger partial charge in [0.15, 0.2) is 0 Å². The second-order valence-electron chi connectivity index (χ2n) is 6.86. The minimum Gasteiger partial charge on any atom is -0.494 e. The van der Waals surface area contributed by atoms with E-state index >= 15 is 0 Å². The summed E-state index contributed by atoms with van der Waals surface area (Å²) < 4.78 is 11.5. The van der Waals surface area contributed by atoms with Gasteiger partial charge in [0.2, 0.25) is 0 Å². The second kappa shape index (κ2) is 7.84. The summed E-state index contributed by atoms with van der Waals surface area (Å²) in [5, 5.41) is 0. The summed E-state index contributed by atoms with van der Waals surface area (Å²) in [4.78, 5) is 0. The number of rotatable bonds is 9. The van der Waals surface area contributed by atoms with Crippen LogP contribution in [0.3, 0.4) is 0 Å². The minimum absolute atomic E-state index is 0.241. The van der Waals surface area contributed by atoms with Crippen LogP contribution in [0.15, 0.2) is 24.3 Å². The first-order chi connectivity index (χ1) is 10.1. The van der Waals surface area contributed by atoms with Crippen LogP contribution in [-0.4, -0.2) is 13.2 Å². The zero-order valence-electron chi connectivity index (χ0n) is 13.9. The maximum Gasteiger partial charge on any atom is 0.119 e. The lowest BCUT2D eigenvalue weighted by Crippen LogP contribution is -2.40. The molecule has 1 aliphatic rings. The fourth-order valence-electron chi connectivity index (χ4n) is 2.86. The third-order valence-corrected chi connectivity index (χ3v) is 4.28. The fourth-order valence-corrected chi connectivity index (χ4v) is 2.86. The molecule has 21 heavy (non-hydrogen) atoms. The molecule has 2 heteroatoms. The molecule has 2 rings (SSSR count). The summed E-state index contributed by atoms with van der Waals surface area (Å²) >= 11 is 0. The topological polar surface area (TPSA) is 18.5 Å². The van der Waals surface area contributed by atoms with Crippen molar-refractivity contribution in [3.05, 3.63) is 29.8 Å². The molecule has 1 aliphatic heterocycles. The summed E-state index contributed by atoms with van der Waals surface area (Å²) in [5.74, 6) is 0.976. The van der Waals surface area contributed by atoms with E-state index in [9.17, 15) is 0 Å². The van der Waals surface area contributed by atoms with E-state index in [0.29, 0.717) is 0 Å². The lowest BCUT2D eigenvalue weighted by molar-refractivity contribution is -0.172. The Morgan fingerprint density at radius 3 is 2.29 bits per heavy atom. The van der Waals surface area contributed by atoms with Crippen molar-refractivity contribution in [1.82, 2.24) is 0 Å². The van der Waals surface area contributed by atoms with E-state index in [-0.39, 0.29) is 11.5 Å². The summed E-state index contributed by atoms with van der Waals surface area (Å²) in [6, 6.07) is 8.43. The van der Waals surface area contributed by atoms with Gasteiger partial charge in [-0.3, -0.25) is 0 Å². The third-order valence-electron chi connectivity index (χ3n) is 4.28. The van der Waals surface area contributed by atoms with Crippen LogP contribution in [0.5, 0.6) is 5.75 Å². The van der Waals surface area contributed by atoms with Crippen LogP contribution in [-0.2, 0) is 4.74 Å². The lowest BCUT2D eigenvalue weighted by Gasteiger charge is -2.44. The molecule has 0 aromatic heterocycles. The van der Waals surface area contributed by atoms with Gasteiger partial charge in [-0.05, 0) is 24.1 Å². The Kier molecular flexibility index (Phi) is 6.10. The Balaban J connectivity index is 1.66. The average molecular weight is 290 g/mol. The molecule has 118 valence electrons. The Bertz CT molecular complexity index is 408. The molecule has 0 spiro atoms. The van der Waals surface area contributed by atoms with E-state index in [1.807, 2.05) is 0 Å². The van der Waals surface area contributed by atoms with Crippen LogP contribution < -0.4 is 4.74 Å². The van der Waals surface area contributed by atoms with Gasteiger partial charge in [-0.2, -0.15) is 0 Å². The SMILES string of the molecule is CCCCCCCCOc1ccc(C2OCC2(C)C)cc1. The molecule has 0 aliphatic carbocycles. The van der Waals surface area contributed by atoms with Crippen molar-refractivity contribution in [2.45, 2.75) is 65.4 Å². The maximum atomic E-state index is 5.81. The Hall–Kier alpha value is -1.02. The average Bonchev–Trinajstić information content (AvgIpc) is 2.47. The standard InChI is InChI=1S/C19H30O2/c1-4-5-6-7-8-9-14-20-17-12-10-16(11-13-17)18-19(2,3)15-21-18/h10-13,18H,4-9,14-15H2,1-3H3. The summed E-state index contributed by atoms with van der Waals surface area (Å²) in [5.41, 5.74) is 1.53. The van der Waals surface area contributed by atoms with E-state index in [4.69, 9.17) is 9.47 Å². The highest BCUT2D eigenvalue weighted by molar-refractivity contribution is 5.30. The van der Waals surface area contributed by atoms with Crippen LogP contribution >= 0.6 is 0 Å². The van der Waals surface area contributed by atoms with Crippen molar-refractivity contribution in [3.8, 4) is 5.75 Å². The third kappa shape index (κ3) is 4.74. The van der Waals surface area contributed by atoms with Gasteiger partial charge >= 0.3 is 0 Å². The Morgan fingerprint density at radius 1 is 1.05 bits per heavy atom. The van der Waals surface area contributed by atoms with Crippen LogP contribution in [0, 0.1) is 5.41 Å². The van der Waals surface area contributed by atoms with Crippen LogP contribution in [0.4, 0.5) is 0 Å². The quantitative estimate of drug-likeness (QED) is 0.557. The number of hydrogen-bond acceptors (Lipinski definition) is 2. The van der Waals surface area contributed by atoms with Crippen molar-refractivity contribution in [3.63, 3.8) is 0 Å². The molecular weight excluding hydrogens is 260 g/mol. The zero-order valence-corrected chi connectivity index (χ0v) is 13.9. The molecule has 0 N–H and O–H groups in total. The molecule has 1 saturated heterocycles. The first-order valence-corrected chi connectivity index (χ1v) is 8.48. The molecule has 0 amide bonds. The van der Waals surface area contributed by atoms with Crippen molar-refractivity contribution >= 4 is 0 Å². The van der Waals surface area contributed by atoms with Gasteiger partial charge in [0.1, 0.15) is 5.75 Å². The number of hydrogen-bond donors (Lipinski definition) is 0. The number of ether oxygens (including phenoxy) is 2. The summed E-state index contributed by atoms with van der Waals surface area (Å²) in [6.45, 7) is 8.45. The molecule has 0 radical (unpaired) electrons. The predicted molar refractivity (Wildman–Crippen MR) is 87.8 cm³/mol. The van der Waals surface area contributed by atoms with E-state index in [1.54, 1.807) is 0 Å². The lowest BCUT2D eigenvalue weighted by atomic mass is 9.79. The van der Waals surface area contributed by atoms with Gasteiger partial charge in [0.25, 0.3) is 0 Å². The smallest absolute Gasteiger partial charge is 0.119 e. The first-order valence-electron chi connectivity index (χ1n) is 8.48. The second-order valence-corrected chi connectivity index (χ2v) is 6.86. The highest BCUT2D eigenvalue weighted by atomic mass is 16.5. The molecular formula is C19H30O2.